The number of nitrogens with one attached hydrogen (secondary N) is 1. The maximum atomic E-state index is 13.3. The Bertz CT molecular complexity index is 1630. The van der Waals surface area contributed by atoms with E-state index < -0.39 is 26.6 Å². The molecule has 2 heterocycles. The van der Waals surface area contributed by atoms with Crippen LogP contribution in [0, 0.1) is 5.41 Å². The molecule has 2 aromatic carbocycles. The van der Waals surface area contributed by atoms with Crippen molar-refractivity contribution in [3.05, 3.63) is 53.1 Å². The van der Waals surface area contributed by atoms with Crippen molar-refractivity contribution in [3.63, 3.8) is 0 Å². The van der Waals surface area contributed by atoms with Gasteiger partial charge >= 0.3 is 0 Å². The van der Waals surface area contributed by atoms with Gasteiger partial charge in [-0.2, -0.15) is 0 Å². The van der Waals surface area contributed by atoms with E-state index in [1.54, 1.807) is 13.2 Å². The lowest BCUT2D eigenvalue weighted by Crippen LogP contribution is -2.37. The highest BCUT2D eigenvalue weighted by molar-refractivity contribution is 7.90. The number of hydrogen-bond acceptors (Lipinski definition) is 5. The standard InChI is InChI=1S/C32H36N2O5S/c1-39-22-12-14-24-26(16-22)27-17-32(27,19-35)18-34-28-15-21(31(36)33-40(37,38)23-9-5-6-10-23)11-13-25(28)29(30(24)34)20-7-3-2-4-8-20/h11-16,19-20,23,27H,2-10,17-18H2,1H3,(H,33,36). The number of fused-ring (bicyclic) bond motifs is 7. The highest BCUT2D eigenvalue weighted by Crippen LogP contribution is 2.64. The summed E-state index contributed by atoms with van der Waals surface area (Å²) in [5, 5.41) is 0.592. The largest absolute Gasteiger partial charge is 0.497 e. The molecular weight excluding hydrogens is 524 g/mol. The van der Waals surface area contributed by atoms with Crippen LogP contribution >= 0.6 is 0 Å². The number of methoxy groups -OCH3 is 1. The molecule has 0 radical (unpaired) electrons. The molecular formula is C32H36N2O5S. The maximum absolute atomic E-state index is 13.3. The third-order valence-electron chi connectivity index (χ3n) is 10.0. The average Bonchev–Trinajstić information content (AvgIpc) is 3.28. The molecule has 1 N–H and O–H groups in total. The van der Waals surface area contributed by atoms with Crippen LogP contribution in [0.5, 0.6) is 5.75 Å². The number of carbonyl (C=O) groups is 2. The maximum Gasteiger partial charge on any atom is 0.264 e. The summed E-state index contributed by atoms with van der Waals surface area (Å²) in [7, 11) is -2.05. The fourth-order valence-electron chi connectivity index (χ4n) is 7.80. The van der Waals surface area contributed by atoms with Gasteiger partial charge in [0.1, 0.15) is 12.0 Å². The number of sulfonamides is 1. The van der Waals surface area contributed by atoms with Crippen molar-refractivity contribution >= 4 is 33.1 Å². The number of carbonyl (C=O) groups excluding carboxylic acids is 2. The van der Waals surface area contributed by atoms with Crippen molar-refractivity contribution in [1.82, 2.24) is 9.29 Å². The summed E-state index contributed by atoms with van der Waals surface area (Å²) < 4.78 is 36.0. The second kappa shape index (κ2) is 9.47. The van der Waals surface area contributed by atoms with Gasteiger partial charge in [0, 0.05) is 28.6 Å². The monoisotopic (exact) mass is 560 g/mol. The molecule has 4 aliphatic rings. The molecule has 40 heavy (non-hydrogen) atoms. The summed E-state index contributed by atoms with van der Waals surface area (Å²) in [6.45, 7) is 0.544. The molecule has 3 aromatic rings. The third-order valence-corrected chi connectivity index (χ3v) is 11.9. The minimum absolute atomic E-state index is 0.132. The molecule has 3 saturated carbocycles. The zero-order valence-corrected chi connectivity index (χ0v) is 23.8. The van der Waals surface area contributed by atoms with Gasteiger partial charge < -0.3 is 14.1 Å². The number of aromatic nitrogens is 1. The van der Waals surface area contributed by atoms with E-state index in [9.17, 15) is 18.0 Å². The van der Waals surface area contributed by atoms with E-state index in [1.165, 1.54) is 24.8 Å². The fraction of sp³-hybridized carbons (Fsp3) is 0.500. The average molecular weight is 561 g/mol. The van der Waals surface area contributed by atoms with Gasteiger partial charge in [0.15, 0.2) is 0 Å². The van der Waals surface area contributed by atoms with Crippen molar-refractivity contribution in [1.29, 1.82) is 0 Å². The van der Waals surface area contributed by atoms with Gasteiger partial charge in [0.2, 0.25) is 10.0 Å². The molecule has 3 aliphatic carbocycles. The number of nitrogens with zero attached hydrogens (tertiary/aromatic N) is 1. The highest BCUT2D eigenvalue weighted by atomic mass is 32.2. The summed E-state index contributed by atoms with van der Waals surface area (Å²) in [5.41, 5.74) is 5.47. The van der Waals surface area contributed by atoms with E-state index in [-0.39, 0.29) is 5.92 Å². The summed E-state index contributed by atoms with van der Waals surface area (Å²) in [5.74, 6) is 0.729. The van der Waals surface area contributed by atoms with Crippen LogP contribution in [0.2, 0.25) is 0 Å². The molecule has 3 fully saturated rings. The number of benzene rings is 2. The second-order valence-electron chi connectivity index (χ2n) is 12.4. The number of ether oxygens (including phenoxy) is 1. The molecule has 1 amide bonds. The summed E-state index contributed by atoms with van der Waals surface area (Å²) >= 11 is 0. The second-order valence-corrected chi connectivity index (χ2v) is 14.3. The van der Waals surface area contributed by atoms with Crippen LogP contribution in [-0.4, -0.2) is 37.5 Å². The van der Waals surface area contributed by atoms with Gasteiger partial charge in [-0.1, -0.05) is 38.2 Å². The molecule has 0 saturated heterocycles. The van der Waals surface area contributed by atoms with Gasteiger partial charge in [-0.25, -0.2) is 13.1 Å². The number of aldehydes is 1. The van der Waals surface area contributed by atoms with Crippen LogP contribution in [0.15, 0.2) is 36.4 Å². The van der Waals surface area contributed by atoms with Crippen LogP contribution in [0.3, 0.4) is 0 Å². The first-order valence-electron chi connectivity index (χ1n) is 14.7. The first-order valence-corrected chi connectivity index (χ1v) is 16.3. The quantitative estimate of drug-likeness (QED) is 0.370. The summed E-state index contributed by atoms with van der Waals surface area (Å²) in [4.78, 5) is 25.9. The Morgan fingerprint density at radius 3 is 2.50 bits per heavy atom. The van der Waals surface area contributed by atoms with Gasteiger partial charge in [-0.15, -0.1) is 0 Å². The first kappa shape index (κ1) is 25.8. The Balaban J connectivity index is 1.40. The number of rotatable bonds is 6. The van der Waals surface area contributed by atoms with Crippen LogP contribution in [-0.2, 0) is 21.4 Å². The molecule has 210 valence electrons. The minimum Gasteiger partial charge on any atom is -0.497 e. The van der Waals surface area contributed by atoms with Crippen molar-refractivity contribution < 1.29 is 22.7 Å². The van der Waals surface area contributed by atoms with Gasteiger partial charge in [-0.3, -0.25) is 4.79 Å². The molecule has 2 atom stereocenters. The smallest absolute Gasteiger partial charge is 0.264 e. The van der Waals surface area contributed by atoms with Crippen LogP contribution in [0.4, 0.5) is 0 Å². The molecule has 7 nitrogen and oxygen atoms in total. The molecule has 2 unspecified atom stereocenters. The van der Waals surface area contributed by atoms with Crippen LogP contribution in [0.1, 0.15) is 97.5 Å². The molecule has 7 rings (SSSR count). The molecule has 0 spiro atoms. The van der Waals surface area contributed by atoms with E-state index in [4.69, 9.17) is 4.74 Å². The van der Waals surface area contributed by atoms with Gasteiger partial charge in [0.25, 0.3) is 5.91 Å². The SMILES string of the molecule is COc1ccc2c(c1)C1CC1(C=O)Cn1c-2c(C2CCCCC2)c2ccc(C(=O)NS(=O)(=O)C3CCCC3)cc21. The van der Waals surface area contributed by atoms with Crippen molar-refractivity contribution in [2.24, 2.45) is 5.41 Å². The predicted octanol–water partition coefficient (Wildman–Crippen LogP) is 6.05. The Kier molecular flexibility index (Phi) is 6.11. The van der Waals surface area contributed by atoms with Gasteiger partial charge in [-0.05, 0) is 85.4 Å². The third kappa shape index (κ3) is 4.01. The molecule has 1 aromatic heterocycles. The minimum atomic E-state index is -3.72. The normalized spacial score (nSPS) is 24.6. The van der Waals surface area contributed by atoms with E-state index in [0.717, 1.165) is 71.9 Å². The number of amides is 1. The Morgan fingerprint density at radius 1 is 1.02 bits per heavy atom. The zero-order valence-electron chi connectivity index (χ0n) is 22.9. The van der Waals surface area contributed by atoms with E-state index in [1.807, 2.05) is 18.2 Å². The molecule has 1 aliphatic heterocycles. The molecule has 8 heteroatoms. The van der Waals surface area contributed by atoms with E-state index >= 15 is 0 Å². The van der Waals surface area contributed by atoms with Crippen molar-refractivity contribution in [2.45, 2.75) is 87.8 Å². The van der Waals surface area contributed by atoms with Crippen LogP contribution < -0.4 is 9.46 Å². The van der Waals surface area contributed by atoms with Crippen molar-refractivity contribution in [2.75, 3.05) is 7.11 Å². The summed E-state index contributed by atoms with van der Waals surface area (Å²) in [6, 6.07) is 11.8. The van der Waals surface area contributed by atoms with E-state index in [0.29, 0.717) is 30.9 Å². The van der Waals surface area contributed by atoms with E-state index in [2.05, 4.69) is 21.4 Å². The Hall–Kier alpha value is -3.13. The Labute approximate surface area is 235 Å². The highest BCUT2D eigenvalue weighted by Gasteiger charge is 2.58. The van der Waals surface area contributed by atoms with Crippen molar-refractivity contribution in [3.8, 4) is 17.0 Å². The lowest BCUT2D eigenvalue weighted by molar-refractivity contribution is -0.112. The fourth-order valence-corrected chi connectivity index (χ4v) is 9.29. The van der Waals surface area contributed by atoms with Crippen LogP contribution in [0.25, 0.3) is 22.2 Å². The first-order chi connectivity index (χ1) is 19.3. The van der Waals surface area contributed by atoms with Gasteiger partial charge in [0.05, 0.1) is 23.5 Å². The lowest BCUT2D eigenvalue weighted by Gasteiger charge is -2.24. The zero-order chi connectivity index (χ0) is 27.6. The number of hydrogen-bond donors (Lipinski definition) is 1. The summed E-state index contributed by atoms with van der Waals surface area (Å²) in [6.07, 6.45) is 10.7. The topological polar surface area (TPSA) is 94.5 Å². The predicted molar refractivity (Wildman–Crippen MR) is 154 cm³/mol. The lowest BCUT2D eigenvalue weighted by atomic mass is 9.81. The Morgan fingerprint density at radius 2 is 1.77 bits per heavy atom. The molecule has 0 bridgehead atoms.